The lowest BCUT2D eigenvalue weighted by Crippen LogP contribution is -2.54. The van der Waals surface area contributed by atoms with E-state index in [1.807, 2.05) is 54.6 Å². The van der Waals surface area contributed by atoms with Gasteiger partial charge in [-0.1, -0.05) is 42.5 Å². The summed E-state index contributed by atoms with van der Waals surface area (Å²) >= 11 is 0. The van der Waals surface area contributed by atoms with Gasteiger partial charge in [0.25, 0.3) is 5.91 Å². The molecule has 1 N–H and O–H groups in total. The van der Waals surface area contributed by atoms with Crippen molar-refractivity contribution in [3.63, 3.8) is 0 Å². The SMILES string of the molecule is COc1ccc2ccc3c(c2c1)OC1(CCN(C(=O)OCc2ccccc2)CC1)CNC3=O. The number of likely N-dealkylation sites (tertiary alicyclic amines) is 1. The Bertz CT molecular complexity index is 1190. The lowest BCUT2D eigenvalue weighted by molar-refractivity contribution is 0.00383. The Morgan fingerprint density at radius 3 is 2.61 bits per heavy atom. The monoisotopic (exact) mass is 446 g/mol. The zero-order chi connectivity index (χ0) is 22.8. The van der Waals surface area contributed by atoms with Gasteiger partial charge in [0.05, 0.1) is 19.2 Å². The molecule has 0 atom stereocenters. The van der Waals surface area contributed by atoms with Crippen LogP contribution in [0.5, 0.6) is 11.5 Å². The highest BCUT2D eigenvalue weighted by Crippen LogP contribution is 2.39. The van der Waals surface area contributed by atoms with Gasteiger partial charge in [-0.05, 0) is 29.1 Å². The van der Waals surface area contributed by atoms with E-state index in [0.29, 0.717) is 49.5 Å². The molecule has 0 unspecified atom stereocenters. The van der Waals surface area contributed by atoms with E-state index in [1.165, 1.54) is 0 Å². The van der Waals surface area contributed by atoms with Crippen LogP contribution in [-0.2, 0) is 11.3 Å². The summed E-state index contributed by atoms with van der Waals surface area (Å²) < 4.78 is 17.5. The summed E-state index contributed by atoms with van der Waals surface area (Å²) in [5, 5.41) is 4.83. The molecule has 1 spiro atoms. The molecule has 1 fully saturated rings. The molecule has 1 saturated heterocycles. The van der Waals surface area contributed by atoms with E-state index in [4.69, 9.17) is 14.2 Å². The maximum atomic E-state index is 12.8. The molecule has 0 bridgehead atoms. The van der Waals surface area contributed by atoms with E-state index in [2.05, 4.69) is 5.32 Å². The second-order valence-corrected chi connectivity index (χ2v) is 8.52. The smallest absolute Gasteiger partial charge is 0.410 e. The number of nitrogens with zero attached hydrogens (tertiary/aromatic N) is 1. The molecule has 2 aliphatic rings. The molecule has 5 rings (SSSR count). The lowest BCUT2D eigenvalue weighted by Gasteiger charge is -2.40. The van der Waals surface area contributed by atoms with Crippen LogP contribution in [0.1, 0.15) is 28.8 Å². The summed E-state index contributed by atoms with van der Waals surface area (Å²) in [6.07, 6.45) is 0.850. The number of piperidine rings is 1. The number of benzene rings is 3. The molecule has 170 valence electrons. The third-order valence-corrected chi connectivity index (χ3v) is 6.45. The van der Waals surface area contributed by atoms with E-state index >= 15 is 0 Å². The van der Waals surface area contributed by atoms with Crippen molar-refractivity contribution in [1.82, 2.24) is 10.2 Å². The van der Waals surface area contributed by atoms with E-state index in [1.54, 1.807) is 18.1 Å². The molecule has 2 aliphatic heterocycles. The van der Waals surface area contributed by atoms with Gasteiger partial charge in [0.2, 0.25) is 0 Å². The number of rotatable bonds is 3. The van der Waals surface area contributed by atoms with Crippen molar-refractivity contribution in [3.8, 4) is 11.5 Å². The third kappa shape index (κ3) is 4.18. The molecule has 2 heterocycles. The summed E-state index contributed by atoms with van der Waals surface area (Å²) in [6.45, 7) is 1.62. The van der Waals surface area contributed by atoms with Crippen molar-refractivity contribution in [2.24, 2.45) is 0 Å². The Labute approximate surface area is 192 Å². The highest BCUT2D eigenvalue weighted by atomic mass is 16.6. The predicted molar refractivity (Wildman–Crippen MR) is 124 cm³/mol. The summed E-state index contributed by atoms with van der Waals surface area (Å²) in [5.41, 5.74) is 0.875. The third-order valence-electron chi connectivity index (χ3n) is 6.45. The Morgan fingerprint density at radius 1 is 1.09 bits per heavy atom. The highest BCUT2D eigenvalue weighted by Gasteiger charge is 2.41. The zero-order valence-corrected chi connectivity index (χ0v) is 18.5. The van der Waals surface area contributed by atoms with Crippen molar-refractivity contribution >= 4 is 22.8 Å². The molecular formula is C26H26N2O5. The van der Waals surface area contributed by atoms with Crippen LogP contribution in [0.4, 0.5) is 4.79 Å². The number of carbonyl (C=O) groups is 2. The number of nitrogens with one attached hydrogen (secondary N) is 1. The van der Waals surface area contributed by atoms with Crippen LogP contribution in [-0.4, -0.2) is 49.2 Å². The summed E-state index contributed by atoms with van der Waals surface area (Å²) in [5.74, 6) is 1.12. The van der Waals surface area contributed by atoms with Gasteiger partial charge >= 0.3 is 6.09 Å². The van der Waals surface area contributed by atoms with Gasteiger partial charge in [-0.3, -0.25) is 4.79 Å². The molecule has 0 saturated carbocycles. The van der Waals surface area contributed by atoms with Crippen LogP contribution in [0.2, 0.25) is 0 Å². The zero-order valence-electron chi connectivity index (χ0n) is 18.5. The van der Waals surface area contributed by atoms with Crippen molar-refractivity contribution in [3.05, 3.63) is 71.8 Å². The molecule has 7 nitrogen and oxygen atoms in total. The molecule has 33 heavy (non-hydrogen) atoms. The fourth-order valence-electron chi connectivity index (χ4n) is 4.46. The number of fused-ring (bicyclic) bond motifs is 3. The molecule has 7 heteroatoms. The van der Waals surface area contributed by atoms with Gasteiger partial charge in [0.1, 0.15) is 23.7 Å². The van der Waals surface area contributed by atoms with Crippen LogP contribution in [0.3, 0.4) is 0 Å². The van der Waals surface area contributed by atoms with E-state index in [0.717, 1.165) is 16.3 Å². The average molecular weight is 447 g/mol. The van der Waals surface area contributed by atoms with Crippen LogP contribution >= 0.6 is 0 Å². The van der Waals surface area contributed by atoms with Gasteiger partial charge in [0.15, 0.2) is 0 Å². The first-order valence-electron chi connectivity index (χ1n) is 11.1. The number of ether oxygens (including phenoxy) is 3. The van der Waals surface area contributed by atoms with Gasteiger partial charge in [-0.25, -0.2) is 4.79 Å². The van der Waals surface area contributed by atoms with Crippen molar-refractivity contribution < 1.29 is 23.8 Å². The Kier molecular flexibility index (Phi) is 5.54. The molecule has 2 amide bonds. The van der Waals surface area contributed by atoms with Crippen LogP contribution in [0, 0.1) is 0 Å². The minimum atomic E-state index is -0.589. The van der Waals surface area contributed by atoms with Gasteiger partial charge < -0.3 is 24.4 Å². The average Bonchev–Trinajstić information content (AvgIpc) is 3.00. The number of amides is 2. The van der Waals surface area contributed by atoms with Crippen molar-refractivity contribution in [2.45, 2.75) is 25.0 Å². The van der Waals surface area contributed by atoms with Crippen LogP contribution in [0.15, 0.2) is 60.7 Å². The fourth-order valence-corrected chi connectivity index (χ4v) is 4.46. The van der Waals surface area contributed by atoms with Gasteiger partial charge in [-0.15, -0.1) is 0 Å². The Morgan fingerprint density at radius 2 is 1.85 bits per heavy atom. The summed E-state index contributed by atoms with van der Waals surface area (Å²) in [6, 6.07) is 19.1. The quantitative estimate of drug-likeness (QED) is 0.654. The summed E-state index contributed by atoms with van der Waals surface area (Å²) in [7, 11) is 1.62. The molecule has 0 aliphatic carbocycles. The number of methoxy groups -OCH3 is 1. The van der Waals surface area contributed by atoms with Crippen molar-refractivity contribution in [1.29, 1.82) is 0 Å². The first-order chi connectivity index (χ1) is 16.1. The number of hydrogen-bond donors (Lipinski definition) is 1. The number of carbonyl (C=O) groups excluding carboxylic acids is 2. The molecular weight excluding hydrogens is 420 g/mol. The topological polar surface area (TPSA) is 77.1 Å². The van der Waals surface area contributed by atoms with E-state index < -0.39 is 5.60 Å². The Balaban J connectivity index is 1.33. The molecule has 3 aromatic rings. The standard InChI is InChI=1S/C26H26N2O5/c1-31-20-9-7-19-8-10-21-23(22(19)15-20)33-26(17-27-24(21)29)11-13-28(14-12-26)25(30)32-16-18-5-3-2-4-6-18/h2-10,15H,11-14,16-17H2,1H3,(H,27,29). The van der Waals surface area contributed by atoms with Crippen molar-refractivity contribution in [2.75, 3.05) is 26.7 Å². The van der Waals surface area contributed by atoms with E-state index in [-0.39, 0.29) is 18.6 Å². The fraction of sp³-hybridized carbons (Fsp3) is 0.308. The lowest BCUT2D eigenvalue weighted by atomic mass is 9.91. The molecule has 0 aromatic heterocycles. The highest BCUT2D eigenvalue weighted by molar-refractivity contribution is 6.04. The van der Waals surface area contributed by atoms with Crippen LogP contribution < -0.4 is 14.8 Å². The summed E-state index contributed by atoms with van der Waals surface area (Å²) in [4.78, 5) is 27.1. The van der Waals surface area contributed by atoms with Gasteiger partial charge in [-0.2, -0.15) is 0 Å². The first-order valence-corrected chi connectivity index (χ1v) is 11.1. The second-order valence-electron chi connectivity index (χ2n) is 8.52. The second kappa shape index (κ2) is 8.65. The minimum Gasteiger partial charge on any atom is -0.497 e. The molecule has 0 radical (unpaired) electrons. The van der Waals surface area contributed by atoms with Gasteiger partial charge in [0, 0.05) is 31.3 Å². The maximum absolute atomic E-state index is 12.8. The Hall–Kier alpha value is -3.74. The normalized spacial score (nSPS) is 17.0. The molecule has 3 aromatic carbocycles. The van der Waals surface area contributed by atoms with Crippen LogP contribution in [0.25, 0.3) is 10.8 Å². The first kappa shape index (κ1) is 21.1. The number of hydrogen-bond acceptors (Lipinski definition) is 5. The largest absolute Gasteiger partial charge is 0.497 e. The maximum Gasteiger partial charge on any atom is 0.410 e. The minimum absolute atomic E-state index is 0.156. The van der Waals surface area contributed by atoms with E-state index in [9.17, 15) is 9.59 Å². The predicted octanol–water partition coefficient (Wildman–Crippen LogP) is 4.14.